The van der Waals surface area contributed by atoms with E-state index in [9.17, 15) is 26.4 Å². The lowest BCUT2D eigenvalue weighted by atomic mass is 10.1. The molecule has 0 aliphatic carbocycles. The molecular weight excluding hydrogens is 457 g/mol. The molecule has 3 aromatic rings. The molecule has 1 atom stereocenters. The lowest BCUT2D eigenvalue weighted by molar-refractivity contribution is -0.137. The number of para-hydroxylation sites is 3. The third kappa shape index (κ3) is 4.95. The van der Waals surface area contributed by atoms with Gasteiger partial charge in [-0.15, -0.1) is 0 Å². The van der Waals surface area contributed by atoms with Crippen LogP contribution in [-0.2, 0) is 26.7 Å². The Morgan fingerprint density at radius 1 is 0.970 bits per heavy atom. The molecule has 3 aromatic carbocycles. The average molecular weight is 476 g/mol. The Morgan fingerprint density at radius 2 is 1.61 bits per heavy atom. The monoisotopic (exact) mass is 476 g/mol. The van der Waals surface area contributed by atoms with Crippen molar-refractivity contribution >= 4 is 27.3 Å². The number of nitrogens with zero attached hydrogens (tertiary/aromatic N) is 1. The van der Waals surface area contributed by atoms with Crippen LogP contribution in [-0.4, -0.2) is 27.0 Å². The van der Waals surface area contributed by atoms with Gasteiger partial charge in [0.25, 0.3) is 5.91 Å². The zero-order valence-electron chi connectivity index (χ0n) is 17.1. The van der Waals surface area contributed by atoms with Crippen LogP contribution in [0.3, 0.4) is 0 Å². The summed E-state index contributed by atoms with van der Waals surface area (Å²) >= 11 is 0. The summed E-state index contributed by atoms with van der Waals surface area (Å²) in [7, 11) is -3.93. The largest absolute Gasteiger partial charge is 0.476 e. The van der Waals surface area contributed by atoms with Crippen LogP contribution in [0, 0.1) is 0 Å². The third-order valence-electron chi connectivity index (χ3n) is 5.05. The fourth-order valence-corrected chi connectivity index (χ4v) is 5.10. The molecule has 33 heavy (non-hydrogen) atoms. The van der Waals surface area contributed by atoms with Crippen LogP contribution in [0.1, 0.15) is 11.1 Å². The fraction of sp³-hybridized carbons (Fsp3) is 0.174. The first-order chi connectivity index (χ1) is 15.6. The van der Waals surface area contributed by atoms with Crippen LogP contribution < -0.4 is 14.4 Å². The van der Waals surface area contributed by atoms with Crippen molar-refractivity contribution in [1.82, 2.24) is 0 Å². The summed E-state index contributed by atoms with van der Waals surface area (Å²) in [5.74, 6) is -1.06. The van der Waals surface area contributed by atoms with E-state index < -0.39 is 39.5 Å². The second-order valence-electron chi connectivity index (χ2n) is 7.38. The van der Waals surface area contributed by atoms with Crippen molar-refractivity contribution in [2.24, 2.45) is 0 Å². The minimum atomic E-state index is -4.67. The molecular formula is C23H19F3N2O4S. The van der Waals surface area contributed by atoms with Crippen molar-refractivity contribution in [3.63, 3.8) is 0 Å². The normalized spacial score (nSPS) is 16.0. The Labute approximate surface area is 188 Å². The summed E-state index contributed by atoms with van der Waals surface area (Å²) in [6.45, 7) is -0.383. The Kier molecular flexibility index (Phi) is 6.03. The van der Waals surface area contributed by atoms with Gasteiger partial charge in [-0.3, -0.25) is 9.10 Å². The maximum atomic E-state index is 13.3. The van der Waals surface area contributed by atoms with Gasteiger partial charge in [-0.25, -0.2) is 8.42 Å². The SMILES string of the molecule is O=C(Nc1ccccc1C(F)(F)F)C1CN(S(=O)(=O)Cc2ccccc2)c2ccccc2O1. The van der Waals surface area contributed by atoms with Gasteiger partial charge in [0.15, 0.2) is 6.10 Å². The van der Waals surface area contributed by atoms with E-state index in [4.69, 9.17) is 4.74 Å². The fourth-order valence-electron chi connectivity index (χ4n) is 3.52. The molecule has 10 heteroatoms. The topological polar surface area (TPSA) is 75.7 Å². The molecule has 6 nitrogen and oxygen atoms in total. The number of carbonyl (C=O) groups is 1. The molecule has 0 saturated carbocycles. The summed E-state index contributed by atoms with van der Waals surface area (Å²) in [6.07, 6.45) is -6.03. The first-order valence-electron chi connectivity index (χ1n) is 9.92. The van der Waals surface area contributed by atoms with Gasteiger partial charge in [0.1, 0.15) is 5.75 Å². The molecule has 1 aliphatic rings. The zero-order valence-corrected chi connectivity index (χ0v) is 17.9. The average Bonchev–Trinajstić information content (AvgIpc) is 2.78. The standard InChI is InChI=1S/C23H19F3N2O4S/c24-23(25,26)17-10-4-5-11-18(17)27-22(29)21-14-28(19-12-6-7-13-20(19)32-21)33(30,31)15-16-8-2-1-3-9-16/h1-13,21H,14-15H2,(H,27,29). The number of amides is 1. The van der Waals surface area contributed by atoms with E-state index >= 15 is 0 Å². The first kappa shape index (κ1) is 22.7. The van der Waals surface area contributed by atoms with Crippen LogP contribution >= 0.6 is 0 Å². The maximum absolute atomic E-state index is 13.3. The second-order valence-corrected chi connectivity index (χ2v) is 9.27. The molecule has 0 saturated heterocycles. The number of nitrogens with one attached hydrogen (secondary N) is 1. The maximum Gasteiger partial charge on any atom is 0.418 e. The zero-order chi connectivity index (χ0) is 23.6. The Morgan fingerprint density at radius 3 is 2.33 bits per heavy atom. The number of halogens is 3. The summed E-state index contributed by atoms with van der Waals surface area (Å²) < 4.78 is 73.1. The summed E-state index contributed by atoms with van der Waals surface area (Å²) in [5.41, 5.74) is -0.631. The van der Waals surface area contributed by atoms with Crippen LogP contribution in [0.5, 0.6) is 5.75 Å². The van der Waals surface area contributed by atoms with Crippen molar-refractivity contribution in [3.05, 3.63) is 90.0 Å². The molecule has 172 valence electrons. The summed E-state index contributed by atoms with van der Waals surface area (Å²) in [5, 5.41) is 2.23. The van der Waals surface area contributed by atoms with Crippen molar-refractivity contribution < 1.29 is 31.1 Å². The minimum absolute atomic E-state index is 0.143. The molecule has 0 fully saturated rings. The van der Waals surface area contributed by atoms with Crippen molar-refractivity contribution in [2.75, 3.05) is 16.2 Å². The van der Waals surface area contributed by atoms with Crippen LogP contribution in [0.2, 0.25) is 0 Å². The first-order valence-corrected chi connectivity index (χ1v) is 11.5. The summed E-state index contributed by atoms with van der Waals surface area (Å²) in [6, 6.07) is 19.4. The van der Waals surface area contributed by atoms with E-state index in [2.05, 4.69) is 5.32 Å². The predicted octanol–water partition coefficient (Wildman–Crippen LogP) is 4.44. The van der Waals surface area contributed by atoms with Crippen molar-refractivity contribution in [2.45, 2.75) is 18.0 Å². The van der Waals surface area contributed by atoms with Gasteiger partial charge in [0, 0.05) is 0 Å². The number of rotatable bonds is 5. The highest BCUT2D eigenvalue weighted by molar-refractivity contribution is 7.92. The second kappa shape index (κ2) is 8.78. The number of alkyl halides is 3. The van der Waals surface area contributed by atoms with Gasteiger partial charge in [-0.2, -0.15) is 13.2 Å². The van der Waals surface area contributed by atoms with Gasteiger partial charge in [-0.05, 0) is 29.8 Å². The molecule has 1 heterocycles. The number of carbonyl (C=O) groups excluding carboxylic acids is 1. The highest BCUT2D eigenvalue weighted by Gasteiger charge is 2.38. The molecule has 1 unspecified atom stereocenters. The van der Waals surface area contributed by atoms with Crippen LogP contribution in [0.15, 0.2) is 78.9 Å². The van der Waals surface area contributed by atoms with Crippen molar-refractivity contribution in [1.29, 1.82) is 0 Å². The lowest BCUT2D eigenvalue weighted by Crippen LogP contribution is -2.49. The Bertz CT molecular complexity index is 1260. The number of hydrogen-bond donors (Lipinski definition) is 1. The number of benzene rings is 3. The van der Waals surface area contributed by atoms with Crippen LogP contribution in [0.4, 0.5) is 24.5 Å². The highest BCUT2D eigenvalue weighted by Crippen LogP contribution is 2.37. The Balaban J connectivity index is 1.62. The van der Waals surface area contributed by atoms with E-state index in [0.717, 1.165) is 16.4 Å². The number of anilines is 2. The smallest absolute Gasteiger partial charge is 0.418 e. The van der Waals surface area contributed by atoms with Gasteiger partial charge in [0.2, 0.25) is 10.0 Å². The van der Waals surface area contributed by atoms with Gasteiger partial charge >= 0.3 is 6.18 Å². The molecule has 1 amide bonds. The molecule has 0 aromatic heterocycles. The van der Waals surface area contributed by atoms with E-state index in [0.29, 0.717) is 5.56 Å². The number of ether oxygens (including phenoxy) is 1. The molecule has 0 bridgehead atoms. The minimum Gasteiger partial charge on any atom is -0.476 e. The van der Waals surface area contributed by atoms with Gasteiger partial charge in [-0.1, -0.05) is 54.6 Å². The molecule has 0 radical (unpaired) electrons. The quantitative estimate of drug-likeness (QED) is 0.591. The third-order valence-corrected chi connectivity index (χ3v) is 6.76. The Hall–Kier alpha value is -3.53. The number of fused-ring (bicyclic) bond motifs is 1. The van der Waals surface area contributed by atoms with E-state index in [1.165, 1.54) is 18.2 Å². The molecule has 0 spiro atoms. The van der Waals surface area contributed by atoms with Crippen molar-refractivity contribution in [3.8, 4) is 5.75 Å². The molecule has 1 aliphatic heterocycles. The number of hydrogen-bond acceptors (Lipinski definition) is 4. The van der Waals surface area contributed by atoms with Gasteiger partial charge < -0.3 is 10.1 Å². The highest BCUT2D eigenvalue weighted by atomic mass is 32.2. The van der Waals surface area contributed by atoms with Crippen LogP contribution in [0.25, 0.3) is 0 Å². The lowest BCUT2D eigenvalue weighted by Gasteiger charge is -2.34. The van der Waals surface area contributed by atoms with E-state index in [-0.39, 0.29) is 23.7 Å². The number of sulfonamides is 1. The summed E-state index contributed by atoms with van der Waals surface area (Å²) in [4.78, 5) is 12.9. The predicted molar refractivity (Wildman–Crippen MR) is 117 cm³/mol. The van der Waals surface area contributed by atoms with E-state index in [1.807, 2.05) is 0 Å². The van der Waals surface area contributed by atoms with Gasteiger partial charge in [0.05, 0.1) is 29.2 Å². The molecule has 1 N–H and O–H groups in total. The van der Waals surface area contributed by atoms with E-state index in [1.54, 1.807) is 48.5 Å². The molecule has 4 rings (SSSR count).